The van der Waals surface area contributed by atoms with Crippen LogP contribution in [0.3, 0.4) is 0 Å². The number of ketones is 1. The van der Waals surface area contributed by atoms with Crippen molar-refractivity contribution >= 4 is 45.3 Å². The topological polar surface area (TPSA) is 77.5 Å². The van der Waals surface area contributed by atoms with E-state index in [0.29, 0.717) is 11.6 Å². The van der Waals surface area contributed by atoms with Gasteiger partial charge in [-0.3, -0.25) is 4.79 Å². The highest BCUT2D eigenvalue weighted by atomic mass is 32.1. The van der Waals surface area contributed by atoms with Crippen LogP contribution in [0, 0.1) is 13.8 Å². The normalized spacial score (nSPS) is 16.6. The molecule has 0 unspecified atom stereocenters. The van der Waals surface area contributed by atoms with E-state index in [0.717, 1.165) is 53.3 Å². The number of carbonyl (C=O) groups excluding carboxylic acids is 1. The van der Waals surface area contributed by atoms with E-state index in [1.165, 1.54) is 22.6 Å². The third-order valence-corrected chi connectivity index (χ3v) is 7.14. The number of piperazine rings is 1. The van der Waals surface area contributed by atoms with Crippen LogP contribution in [0.4, 0.5) is 28.1 Å². The number of nitrogens with one attached hydrogen (secondary N) is 1. The number of likely N-dealkylation sites (N-methyl/N-ethyl adjacent to an activating group) is 1. The maximum atomic E-state index is 12.7. The van der Waals surface area contributed by atoms with Gasteiger partial charge >= 0.3 is 0 Å². The number of hydrogen-bond acceptors (Lipinski definition) is 9. The summed E-state index contributed by atoms with van der Waals surface area (Å²) in [5, 5.41) is 5.05. The monoisotopic (exact) mass is 449 g/mol. The average molecular weight is 450 g/mol. The van der Waals surface area contributed by atoms with E-state index in [1.807, 2.05) is 18.9 Å². The van der Waals surface area contributed by atoms with E-state index in [9.17, 15) is 4.79 Å². The largest absolute Gasteiger partial charge is 0.369 e. The Hall–Kier alpha value is -3.04. The number of carbonyl (C=O) groups is 1. The molecule has 2 aliphatic heterocycles. The molecule has 1 saturated heterocycles. The molecule has 8 nitrogen and oxygen atoms in total. The van der Waals surface area contributed by atoms with Gasteiger partial charge in [-0.2, -0.15) is 4.98 Å². The summed E-state index contributed by atoms with van der Waals surface area (Å²) in [5.74, 6) is 1.26. The van der Waals surface area contributed by atoms with Crippen LogP contribution in [0.2, 0.25) is 0 Å². The lowest BCUT2D eigenvalue weighted by Crippen LogP contribution is -2.44. The molecule has 0 atom stereocenters. The number of rotatable bonds is 3. The number of aromatic nitrogens is 3. The highest BCUT2D eigenvalue weighted by Crippen LogP contribution is 2.37. The van der Waals surface area contributed by atoms with Crippen LogP contribution in [-0.4, -0.2) is 65.9 Å². The quantitative estimate of drug-likeness (QED) is 0.651. The third-order valence-electron chi connectivity index (χ3n) is 6.09. The van der Waals surface area contributed by atoms with E-state index in [1.54, 1.807) is 6.20 Å². The molecule has 5 rings (SSSR count). The van der Waals surface area contributed by atoms with Gasteiger partial charge in [-0.15, -0.1) is 11.3 Å². The molecule has 0 bridgehead atoms. The summed E-state index contributed by atoms with van der Waals surface area (Å²) in [4.78, 5) is 33.1. The standard InChI is InChI=1S/C23H27N7OS/c1-14-11-17(5-6-18(14)30-9-7-28(3)8-10-30)26-23-24-13-16-12-19(31)20-22(32-15(2)25-20)29(4)21(16)27-23/h5-6,11,13H,7-10,12H2,1-4H3,(H,24,26,27). The molecule has 1 aromatic carbocycles. The van der Waals surface area contributed by atoms with Crippen molar-refractivity contribution < 1.29 is 4.79 Å². The molecule has 9 heteroatoms. The molecular formula is C23H27N7OS. The van der Waals surface area contributed by atoms with Gasteiger partial charge < -0.3 is 20.0 Å². The highest BCUT2D eigenvalue weighted by Gasteiger charge is 2.28. The molecule has 0 saturated carbocycles. The Kier molecular flexibility index (Phi) is 5.30. The molecule has 0 amide bonds. The molecule has 0 spiro atoms. The van der Waals surface area contributed by atoms with Crippen molar-refractivity contribution in [2.24, 2.45) is 0 Å². The van der Waals surface area contributed by atoms with Gasteiger partial charge in [-0.1, -0.05) is 0 Å². The molecule has 2 aromatic heterocycles. The van der Waals surface area contributed by atoms with Crippen LogP contribution in [0.5, 0.6) is 0 Å². The third kappa shape index (κ3) is 3.82. The summed E-state index contributed by atoms with van der Waals surface area (Å²) >= 11 is 1.51. The fourth-order valence-electron chi connectivity index (χ4n) is 4.32. The lowest BCUT2D eigenvalue weighted by molar-refractivity contribution is 0.0990. The summed E-state index contributed by atoms with van der Waals surface area (Å²) in [6.45, 7) is 8.31. The zero-order chi connectivity index (χ0) is 22.4. The number of thiazole rings is 1. The van der Waals surface area contributed by atoms with E-state index in [2.05, 4.69) is 57.3 Å². The van der Waals surface area contributed by atoms with E-state index in [-0.39, 0.29) is 12.2 Å². The number of hydrogen-bond donors (Lipinski definition) is 1. The second-order valence-electron chi connectivity index (χ2n) is 8.50. The van der Waals surface area contributed by atoms with Crippen molar-refractivity contribution in [3.05, 3.63) is 46.2 Å². The maximum Gasteiger partial charge on any atom is 0.229 e. The van der Waals surface area contributed by atoms with E-state index >= 15 is 0 Å². The van der Waals surface area contributed by atoms with Crippen molar-refractivity contribution in [3.8, 4) is 0 Å². The van der Waals surface area contributed by atoms with Gasteiger partial charge in [0.2, 0.25) is 5.95 Å². The fourth-order valence-corrected chi connectivity index (χ4v) is 5.21. The summed E-state index contributed by atoms with van der Waals surface area (Å²) < 4.78 is 0. The predicted molar refractivity (Wildman–Crippen MR) is 129 cm³/mol. The maximum absolute atomic E-state index is 12.7. The van der Waals surface area contributed by atoms with Gasteiger partial charge in [0, 0.05) is 62.8 Å². The number of anilines is 5. The second-order valence-corrected chi connectivity index (χ2v) is 9.69. The molecule has 0 radical (unpaired) electrons. The summed E-state index contributed by atoms with van der Waals surface area (Å²) in [6, 6.07) is 6.39. The Morgan fingerprint density at radius 3 is 2.59 bits per heavy atom. The average Bonchev–Trinajstić information content (AvgIpc) is 3.13. The van der Waals surface area contributed by atoms with Gasteiger partial charge in [0.05, 0.1) is 5.01 Å². The first-order valence-corrected chi connectivity index (χ1v) is 11.6. The number of Topliss-reactive ketones (excluding diaryl/α,β-unsaturated/α-hetero) is 1. The minimum atomic E-state index is 0.00868. The molecule has 4 heterocycles. The first kappa shape index (κ1) is 20.8. The number of nitrogens with zero attached hydrogens (tertiary/aromatic N) is 6. The lowest BCUT2D eigenvalue weighted by Gasteiger charge is -2.35. The van der Waals surface area contributed by atoms with Gasteiger partial charge in [0.1, 0.15) is 16.5 Å². The molecule has 1 fully saturated rings. The van der Waals surface area contributed by atoms with Crippen molar-refractivity contribution in [3.63, 3.8) is 0 Å². The summed E-state index contributed by atoms with van der Waals surface area (Å²) in [7, 11) is 4.10. The highest BCUT2D eigenvalue weighted by molar-refractivity contribution is 7.16. The first-order chi connectivity index (χ1) is 15.4. The molecule has 32 heavy (non-hydrogen) atoms. The lowest BCUT2D eigenvalue weighted by atomic mass is 10.1. The minimum absolute atomic E-state index is 0.00868. The number of aryl methyl sites for hydroxylation is 2. The molecule has 2 aliphatic rings. The van der Waals surface area contributed by atoms with E-state index < -0.39 is 0 Å². The zero-order valence-corrected chi connectivity index (χ0v) is 19.7. The molecule has 1 N–H and O–H groups in total. The van der Waals surface area contributed by atoms with Gasteiger partial charge in [-0.25, -0.2) is 9.97 Å². The summed E-state index contributed by atoms with van der Waals surface area (Å²) in [5.41, 5.74) is 4.78. The van der Waals surface area contributed by atoms with Crippen molar-refractivity contribution in [2.45, 2.75) is 20.3 Å². The van der Waals surface area contributed by atoms with Gasteiger partial charge in [-0.05, 0) is 44.7 Å². The fraction of sp³-hybridized carbons (Fsp3) is 0.391. The second kappa shape index (κ2) is 8.14. The zero-order valence-electron chi connectivity index (χ0n) is 18.8. The van der Waals surface area contributed by atoms with Crippen LogP contribution in [0.15, 0.2) is 24.4 Å². The smallest absolute Gasteiger partial charge is 0.229 e. The molecule has 166 valence electrons. The Morgan fingerprint density at radius 2 is 1.84 bits per heavy atom. The Balaban J connectivity index is 1.39. The van der Waals surface area contributed by atoms with Crippen LogP contribution in [0.25, 0.3) is 0 Å². The van der Waals surface area contributed by atoms with Crippen LogP contribution in [0.1, 0.15) is 26.6 Å². The number of benzene rings is 1. The van der Waals surface area contributed by atoms with E-state index in [4.69, 9.17) is 4.98 Å². The molecule has 3 aromatic rings. The van der Waals surface area contributed by atoms with Gasteiger partial charge in [0.15, 0.2) is 5.78 Å². The van der Waals surface area contributed by atoms with Crippen molar-refractivity contribution in [2.75, 3.05) is 55.4 Å². The molecule has 0 aliphatic carbocycles. The number of fused-ring (bicyclic) bond motifs is 2. The van der Waals surface area contributed by atoms with Crippen LogP contribution < -0.4 is 15.1 Å². The van der Waals surface area contributed by atoms with Crippen molar-refractivity contribution in [1.29, 1.82) is 0 Å². The van der Waals surface area contributed by atoms with Crippen molar-refractivity contribution in [1.82, 2.24) is 19.9 Å². The Labute approximate surface area is 191 Å². The first-order valence-electron chi connectivity index (χ1n) is 10.8. The Bertz CT molecular complexity index is 1180. The SMILES string of the molecule is Cc1nc2c(s1)N(C)c1nc(Nc3ccc(N4CCN(C)CC4)c(C)c3)ncc1CC2=O. The molecular weight excluding hydrogens is 422 g/mol. The van der Waals surface area contributed by atoms with Crippen LogP contribution in [-0.2, 0) is 6.42 Å². The summed E-state index contributed by atoms with van der Waals surface area (Å²) in [6.07, 6.45) is 2.00. The van der Waals surface area contributed by atoms with Gasteiger partial charge in [0.25, 0.3) is 0 Å². The van der Waals surface area contributed by atoms with Crippen LogP contribution >= 0.6 is 11.3 Å². The minimum Gasteiger partial charge on any atom is -0.369 e. The Morgan fingerprint density at radius 1 is 1.06 bits per heavy atom. The predicted octanol–water partition coefficient (Wildman–Crippen LogP) is 3.55.